The lowest BCUT2D eigenvalue weighted by molar-refractivity contribution is -0.123. The fourth-order valence-corrected chi connectivity index (χ4v) is 6.10. The topological polar surface area (TPSA) is 53.5 Å². The van der Waals surface area contributed by atoms with Crippen LogP contribution in [0.25, 0.3) is 0 Å². The zero-order valence-electron chi connectivity index (χ0n) is 14.0. The summed E-state index contributed by atoms with van der Waals surface area (Å²) < 4.78 is 0. The van der Waals surface area contributed by atoms with Crippen LogP contribution in [0.5, 0.6) is 0 Å². The minimum Gasteiger partial charge on any atom is -0.285 e. The summed E-state index contributed by atoms with van der Waals surface area (Å²) >= 11 is 0. The van der Waals surface area contributed by atoms with E-state index in [-0.39, 0.29) is 17.4 Å². The van der Waals surface area contributed by atoms with E-state index in [1.54, 1.807) is 0 Å². The molecule has 4 bridgehead atoms. The van der Waals surface area contributed by atoms with Gasteiger partial charge >= 0.3 is 0 Å². The molecule has 0 spiro atoms. The molecule has 1 unspecified atom stereocenters. The van der Waals surface area contributed by atoms with Crippen LogP contribution in [-0.2, 0) is 11.2 Å². The van der Waals surface area contributed by atoms with Crippen molar-refractivity contribution in [2.24, 2.45) is 28.2 Å². The van der Waals surface area contributed by atoms with Crippen molar-refractivity contribution in [3.8, 4) is 0 Å². The highest BCUT2D eigenvalue weighted by atomic mass is 16.2. The van der Waals surface area contributed by atoms with Gasteiger partial charge in [-0.05, 0) is 61.8 Å². The molecule has 1 aromatic rings. The van der Waals surface area contributed by atoms with Crippen molar-refractivity contribution in [1.82, 2.24) is 10.9 Å². The number of benzene rings is 1. The number of hydrazine groups is 1. The summed E-state index contributed by atoms with van der Waals surface area (Å²) in [6.07, 6.45) is 8.74. The summed E-state index contributed by atoms with van der Waals surface area (Å²) in [4.78, 5) is 17.2. The molecule has 0 saturated heterocycles. The van der Waals surface area contributed by atoms with E-state index in [1.807, 2.05) is 18.2 Å². The molecular weight excluding hydrogens is 298 g/mol. The van der Waals surface area contributed by atoms with Crippen molar-refractivity contribution in [3.05, 3.63) is 35.9 Å². The molecule has 1 aliphatic heterocycles. The number of carbonyl (C=O) groups excluding carboxylic acids is 1. The zero-order valence-corrected chi connectivity index (χ0v) is 14.0. The maximum atomic E-state index is 12.3. The van der Waals surface area contributed by atoms with Crippen molar-refractivity contribution in [2.45, 2.75) is 51.0 Å². The number of nitrogens with one attached hydrogen (secondary N) is 2. The molecule has 6 rings (SSSR count). The largest absolute Gasteiger partial charge is 0.285 e. The first-order chi connectivity index (χ1) is 11.7. The van der Waals surface area contributed by atoms with Crippen LogP contribution in [-0.4, -0.2) is 17.8 Å². The van der Waals surface area contributed by atoms with E-state index in [0.717, 1.165) is 23.6 Å². The number of hydrogen-bond donors (Lipinski definition) is 2. The summed E-state index contributed by atoms with van der Waals surface area (Å²) in [5.74, 6) is 3.71. The van der Waals surface area contributed by atoms with Gasteiger partial charge < -0.3 is 0 Å². The highest BCUT2D eigenvalue weighted by Crippen LogP contribution is 2.60. The highest BCUT2D eigenvalue weighted by Gasteiger charge is 2.54. The first-order valence-corrected chi connectivity index (χ1v) is 9.38. The monoisotopic (exact) mass is 323 g/mol. The second-order valence-corrected chi connectivity index (χ2v) is 8.50. The number of carbonyl (C=O) groups is 1. The summed E-state index contributed by atoms with van der Waals surface area (Å²) in [6.45, 7) is 0. The number of rotatable bonds is 3. The van der Waals surface area contributed by atoms with Crippen LogP contribution >= 0.6 is 0 Å². The van der Waals surface area contributed by atoms with Crippen molar-refractivity contribution in [1.29, 1.82) is 0 Å². The Morgan fingerprint density at radius 3 is 2.21 bits per heavy atom. The lowest BCUT2D eigenvalue weighted by Gasteiger charge is -2.57. The molecule has 1 atom stereocenters. The second-order valence-electron chi connectivity index (χ2n) is 8.50. The lowest BCUT2D eigenvalue weighted by atomic mass is 9.49. The van der Waals surface area contributed by atoms with Crippen molar-refractivity contribution in [3.63, 3.8) is 0 Å². The second kappa shape index (κ2) is 5.33. The SMILES string of the molecule is O=C1NNC(C23CC4CC(CC(C4)C2)C3)=NC1Cc1ccccc1. The van der Waals surface area contributed by atoms with E-state index in [9.17, 15) is 4.79 Å². The number of hydrogen-bond acceptors (Lipinski definition) is 3. The average molecular weight is 323 g/mol. The molecule has 2 N–H and O–H groups in total. The third-order valence-electron chi connectivity index (χ3n) is 6.70. The van der Waals surface area contributed by atoms with Gasteiger partial charge in [-0.15, -0.1) is 0 Å². The van der Waals surface area contributed by atoms with Gasteiger partial charge in [0.1, 0.15) is 11.9 Å². The molecule has 126 valence electrons. The Kier molecular flexibility index (Phi) is 3.22. The fraction of sp³-hybridized carbons (Fsp3) is 0.600. The van der Waals surface area contributed by atoms with Gasteiger partial charge in [0.2, 0.25) is 0 Å². The first-order valence-electron chi connectivity index (χ1n) is 9.38. The van der Waals surface area contributed by atoms with Crippen molar-refractivity contribution < 1.29 is 4.79 Å². The summed E-state index contributed by atoms with van der Waals surface area (Å²) in [6, 6.07) is 9.92. The van der Waals surface area contributed by atoms with Gasteiger partial charge in [0.25, 0.3) is 5.91 Å². The van der Waals surface area contributed by atoms with E-state index in [4.69, 9.17) is 4.99 Å². The predicted molar refractivity (Wildman–Crippen MR) is 93.3 cm³/mol. The van der Waals surface area contributed by atoms with E-state index in [0.29, 0.717) is 6.42 Å². The van der Waals surface area contributed by atoms with Crippen LogP contribution < -0.4 is 10.9 Å². The number of aliphatic imine (C=N–C) groups is 1. The van der Waals surface area contributed by atoms with Gasteiger partial charge in [-0.3, -0.25) is 20.6 Å². The van der Waals surface area contributed by atoms with E-state index in [2.05, 4.69) is 23.0 Å². The van der Waals surface area contributed by atoms with Crippen LogP contribution in [0, 0.1) is 23.2 Å². The third kappa shape index (κ3) is 2.35. The molecule has 0 radical (unpaired) electrons. The summed E-state index contributed by atoms with van der Waals surface area (Å²) in [5, 5.41) is 0. The maximum Gasteiger partial charge on any atom is 0.263 e. The molecule has 1 heterocycles. The molecule has 4 aliphatic carbocycles. The van der Waals surface area contributed by atoms with Crippen LogP contribution in [0.3, 0.4) is 0 Å². The Balaban J connectivity index is 1.43. The molecule has 4 heteroatoms. The van der Waals surface area contributed by atoms with Crippen molar-refractivity contribution >= 4 is 11.7 Å². The normalized spacial score (nSPS) is 40.0. The molecule has 5 aliphatic rings. The summed E-state index contributed by atoms with van der Waals surface area (Å²) in [7, 11) is 0. The molecule has 4 saturated carbocycles. The minimum absolute atomic E-state index is 0.00710. The van der Waals surface area contributed by atoms with Crippen molar-refractivity contribution in [2.75, 3.05) is 0 Å². The third-order valence-corrected chi connectivity index (χ3v) is 6.70. The zero-order chi connectivity index (χ0) is 16.1. The Morgan fingerprint density at radius 1 is 0.958 bits per heavy atom. The Hall–Kier alpha value is -1.84. The van der Waals surface area contributed by atoms with Gasteiger partial charge in [-0.1, -0.05) is 30.3 Å². The van der Waals surface area contributed by atoms with Crippen LogP contribution in [0.1, 0.15) is 44.1 Å². The molecule has 1 aromatic carbocycles. The average Bonchev–Trinajstić information content (AvgIpc) is 2.56. The highest BCUT2D eigenvalue weighted by molar-refractivity contribution is 5.96. The number of amides is 1. The molecular formula is C20H25N3O. The fourth-order valence-electron chi connectivity index (χ4n) is 6.10. The quantitative estimate of drug-likeness (QED) is 0.899. The van der Waals surface area contributed by atoms with Gasteiger partial charge in [0, 0.05) is 11.8 Å². The lowest BCUT2D eigenvalue weighted by Crippen LogP contribution is -2.61. The summed E-state index contributed by atoms with van der Waals surface area (Å²) in [5.41, 5.74) is 7.48. The maximum absolute atomic E-state index is 12.3. The van der Waals surface area contributed by atoms with Gasteiger partial charge in [-0.2, -0.15) is 0 Å². The Labute approximate surface area is 143 Å². The number of nitrogens with zero attached hydrogens (tertiary/aromatic N) is 1. The molecule has 4 nitrogen and oxygen atoms in total. The smallest absolute Gasteiger partial charge is 0.263 e. The van der Waals surface area contributed by atoms with E-state index >= 15 is 0 Å². The molecule has 1 amide bonds. The first kappa shape index (κ1) is 14.5. The van der Waals surface area contributed by atoms with Gasteiger partial charge in [-0.25, -0.2) is 0 Å². The van der Waals surface area contributed by atoms with Gasteiger partial charge in [0.15, 0.2) is 0 Å². The van der Waals surface area contributed by atoms with Crippen LogP contribution in [0.2, 0.25) is 0 Å². The standard InChI is InChI=1S/C20H25N3O/c24-18-17(9-13-4-2-1-3-5-13)21-19(23-22-18)20-10-14-6-15(11-20)8-16(7-14)12-20/h1-5,14-17H,6-12H2,(H,21,23)(H,22,24). The Bertz CT molecular complexity index is 646. The van der Waals surface area contributed by atoms with Crippen LogP contribution in [0.15, 0.2) is 35.3 Å². The van der Waals surface area contributed by atoms with E-state index < -0.39 is 0 Å². The molecule has 24 heavy (non-hydrogen) atoms. The van der Waals surface area contributed by atoms with Gasteiger partial charge in [0.05, 0.1) is 0 Å². The number of amidine groups is 1. The predicted octanol–water partition coefficient (Wildman–Crippen LogP) is 2.85. The molecule has 0 aromatic heterocycles. The van der Waals surface area contributed by atoms with E-state index in [1.165, 1.54) is 44.1 Å². The Morgan fingerprint density at radius 2 is 1.58 bits per heavy atom. The molecule has 4 fully saturated rings. The van der Waals surface area contributed by atoms with Crippen LogP contribution in [0.4, 0.5) is 0 Å². The minimum atomic E-state index is -0.295.